The standard InChI is InChI=1S/C26H18ClF5N2O5/c27-18-2-1-14(28)8-16(18)21-20-17(24(37)34-21)5-11(22(35)25(38)9-39-10-25)6-19(20)33-23(36)12-3-13(26(30,31)32)7-15(29)4-12/h1-8,21-22,35,38H,9-10H2,(H,33,36)(H,34,37). The predicted octanol–water partition coefficient (Wildman–Crippen LogP) is 4.52. The Balaban J connectivity index is 1.63. The van der Waals surface area contributed by atoms with Crippen LogP contribution in [0.3, 0.4) is 0 Å². The highest BCUT2D eigenvalue weighted by Crippen LogP contribution is 2.43. The molecule has 0 bridgehead atoms. The number of carbonyl (C=O) groups is 2. The Morgan fingerprint density at radius 1 is 1.10 bits per heavy atom. The van der Waals surface area contributed by atoms with Gasteiger partial charge < -0.3 is 25.6 Å². The molecule has 7 nitrogen and oxygen atoms in total. The average Bonchev–Trinajstić information content (AvgIpc) is 3.19. The fourth-order valence-corrected chi connectivity index (χ4v) is 4.77. The Bertz CT molecular complexity index is 1510. The lowest BCUT2D eigenvalue weighted by molar-refractivity contribution is -0.228. The largest absolute Gasteiger partial charge is 0.416 e. The van der Waals surface area contributed by atoms with Crippen molar-refractivity contribution in [3.63, 3.8) is 0 Å². The number of amides is 2. The van der Waals surface area contributed by atoms with E-state index in [0.29, 0.717) is 12.1 Å². The van der Waals surface area contributed by atoms with Gasteiger partial charge in [-0.2, -0.15) is 13.2 Å². The molecular weight excluding hydrogens is 551 g/mol. The van der Waals surface area contributed by atoms with Crippen LogP contribution in [-0.2, 0) is 10.9 Å². The molecule has 4 N–H and O–H groups in total. The summed E-state index contributed by atoms with van der Waals surface area (Å²) < 4.78 is 72.7. The highest BCUT2D eigenvalue weighted by molar-refractivity contribution is 6.31. The van der Waals surface area contributed by atoms with E-state index in [1.54, 1.807) is 0 Å². The van der Waals surface area contributed by atoms with Crippen molar-refractivity contribution in [1.82, 2.24) is 5.32 Å². The Morgan fingerprint density at radius 3 is 2.46 bits per heavy atom. The maximum Gasteiger partial charge on any atom is 0.416 e. The van der Waals surface area contributed by atoms with E-state index in [-0.39, 0.29) is 52.2 Å². The van der Waals surface area contributed by atoms with Crippen LogP contribution in [0, 0.1) is 11.6 Å². The molecule has 3 aromatic rings. The summed E-state index contributed by atoms with van der Waals surface area (Å²) in [5.74, 6) is -3.84. The molecule has 39 heavy (non-hydrogen) atoms. The fourth-order valence-electron chi connectivity index (χ4n) is 4.54. The van der Waals surface area contributed by atoms with Crippen LogP contribution in [0.4, 0.5) is 27.6 Å². The minimum atomic E-state index is -4.93. The summed E-state index contributed by atoms with van der Waals surface area (Å²) >= 11 is 6.25. The first-order chi connectivity index (χ1) is 18.3. The van der Waals surface area contributed by atoms with Gasteiger partial charge in [-0.15, -0.1) is 0 Å². The third kappa shape index (κ3) is 4.96. The number of hydrogen-bond acceptors (Lipinski definition) is 5. The zero-order valence-electron chi connectivity index (χ0n) is 19.6. The lowest BCUT2D eigenvalue weighted by Gasteiger charge is -2.40. The Morgan fingerprint density at radius 2 is 1.82 bits per heavy atom. The second-order valence-electron chi connectivity index (χ2n) is 9.28. The minimum absolute atomic E-state index is 0.0220. The summed E-state index contributed by atoms with van der Waals surface area (Å²) in [6.45, 7) is -0.436. The van der Waals surface area contributed by atoms with E-state index in [9.17, 15) is 41.8 Å². The van der Waals surface area contributed by atoms with Crippen molar-refractivity contribution in [1.29, 1.82) is 0 Å². The number of anilines is 1. The van der Waals surface area contributed by atoms with Crippen molar-refractivity contribution in [2.24, 2.45) is 0 Å². The Hall–Kier alpha value is -3.58. The van der Waals surface area contributed by atoms with Gasteiger partial charge in [0, 0.05) is 33.0 Å². The molecule has 1 fully saturated rings. The molecule has 2 heterocycles. The smallest absolute Gasteiger partial charge is 0.385 e. The van der Waals surface area contributed by atoms with E-state index in [0.717, 1.165) is 12.1 Å². The molecule has 13 heteroatoms. The van der Waals surface area contributed by atoms with Crippen LogP contribution in [0.1, 0.15) is 55.1 Å². The van der Waals surface area contributed by atoms with Gasteiger partial charge in [-0.1, -0.05) is 11.6 Å². The number of fused-ring (bicyclic) bond motifs is 1. The topological polar surface area (TPSA) is 108 Å². The quantitative estimate of drug-likeness (QED) is 0.339. The molecule has 3 aromatic carbocycles. The third-order valence-electron chi connectivity index (χ3n) is 6.54. The summed E-state index contributed by atoms with van der Waals surface area (Å²) in [5.41, 5.74) is -3.85. The lowest BCUT2D eigenvalue weighted by Crippen LogP contribution is -2.54. The van der Waals surface area contributed by atoms with E-state index in [4.69, 9.17) is 16.3 Å². The van der Waals surface area contributed by atoms with Gasteiger partial charge in [-0.25, -0.2) is 8.78 Å². The second kappa shape index (κ2) is 9.56. The molecule has 0 saturated carbocycles. The molecule has 204 valence electrons. The third-order valence-corrected chi connectivity index (χ3v) is 6.89. The molecule has 2 atom stereocenters. The molecule has 0 aliphatic carbocycles. The van der Waals surface area contributed by atoms with E-state index in [1.807, 2.05) is 0 Å². The second-order valence-corrected chi connectivity index (χ2v) is 9.69. The van der Waals surface area contributed by atoms with E-state index < -0.39 is 58.5 Å². The van der Waals surface area contributed by atoms with Crippen molar-refractivity contribution in [2.45, 2.75) is 23.9 Å². The predicted molar refractivity (Wildman–Crippen MR) is 127 cm³/mol. The molecular formula is C26H18ClF5N2O5. The van der Waals surface area contributed by atoms with Crippen LogP contribution >= 0.6 is 11.6 Å². The average molecular weight is 569 g/mol. The molecule has 2 aliphatic rings. The van der Waals surface area contributed by atoms with Gasteiger partial charge in [0.1, 0.15) is 23.3 Å². The number of rotatable bonds is 5. The number of aliphatic hydroxyl groups excluding tert-OH is 1. The lowest BCUT2D eigenvalue weighted by atomic mass is 9.86. The van der Waals surface area contributed by atoms with Crippen LogP contribution in [-0.4, -0.2) is 40.8 Å². The molecule has 5 rings (SSSR count). The molecule has 2 unspecified atom stereocenters. The number of benzene rings is 3. The molecule has 0 aromatic heterocycles. The van der Waals surface area contributed by atoms with Gasteiger partial charge in [0.15, 0.2) is 0 Å². The van der Waals surface area contributed by atoms with Crippen LogP contribution in [0.25, 0.3) is 0 Å². The Labute approximate surface area is 222 Å². The normalized spacial score (nSPS) is 18.7. The van der Waals surface area contributed by atoms with E-state index in [1.165, 1.54) is 18.2 Å². The van der Waals surface area contributed by atoms with Crippen LogP contribution < -0.4 is 10.6 Å². The van der Waals surface area contributed by atoms with Gasteiger partial charge in [-0.05, 0) is 54.1 Å². The van der Waals surface area contributed by atoms with E-state index >= 15 is 0 Å². The summed E-state index contributed by atoms with van der Waals surface area (Å²) in [5, 5.41) is 26.4. The number of halogens is 6. The number of hydrogen-bond donors (Lipinski definition) is 4. The summed E-state index contributed by atoms with van der Waals surface area (Å²) in [6, 6.07) is 6.06. The van der Waals surface area contributed by atoms with Gasteiger partial charge in [0.2, 0.25) is 0 Å². The summed E-state index contributed by atoms with van der Waals surface area (Å²) in [7, 11) is 0. The highest BCUT2D eigenvalue weighted by atomic mass is 35.5. The van der Waals surface area contributed by atoms with Crippen LogP contribution in [0.5, 0.6) is 0 Å². The maximum atomic E-state index is 14.1. The Kier molecular flexibility index (Phi) is 6.62. The minimum Gasteiger partial charge on any atom is -0.385 e. The molecule has 0 spiro atoms. The van der Waals surface area contributed by atoms with Crippen molar-refractivity contribution < 1.29 is 46.5 Å². The van der Waals surface area contributed by atoms with Crippen molar-refractivity contribution in [3.8, 4) is 0 Å². The van der Waals surface area contributed by atoms with Gasteiger partial charge >= 0.3 is 6.18 Å². The van der Waals surface area contributed by atoms with Crippen LogP contribution in [0.2, 0.25) is 5.02 Å². The maximum absolute atomic E-state index is 14.1. The monoisotopic (exact) mass is 568 g/mol. The van der Waals surface area contributed by atoms with Gasteiger partial charge in [-0.3, -0.25) is 9.59 Å². The van der Waals surface area contributed by atoms with Crippen molar-refractivity contribution >= 4 is 29.1 Å². The number of alkyl halides is 3. The summed E-state index contributed by atoms with van der Waals surface area (Å²) in [4.78, 5) is 26.0. The zero-order chi connectivity index (χ0) is 28.3. The molecule has 2 amide bonds. The highest BCUT2D eigenvalue weighted by Gasteiger charge is 2.45. The number of aliphatic hydroxyl groups is 2. The van der Waals surface area contributed by atoms with Crippen LogP contribution in [0.15, 0.2) is 48.5 Å². The molecule has 2 aliphatic heterocycles. The first-order valence-corrected chi connectivity index (χ1v) is 11.8. The number of ether oxygens (including phenoxy) is 1. The summed E-state index contributed by atoms with van der Waals surface area (Å²) in [6.07, 6.45) is -6.51. The zero-order valence-corrected chi connectivity index (χ0v) is 20.3. The molecule has 1 saturated heterocycles. The number of nitrogens with one attached hydrogen (secondary N) is 2. The van der Waals surface area contributed by atoms with Crippen molar-refractivity contribution in [2.75, 3.05) is 18.5 Å². The van der Waals surface area contributed by atoms with Gasteiger partial charge in [0.25, 0.3) is 11.8 Å². The SMILES string of the molecule is O=C(Nc1cc(C(O)C2(O)COC2)cc2c1C(c1cc(F)ccc1Cl)NC2=O)c1cc(F)cc(C(F)(F)F)c1. The van der Waals surface area contributed by atoms with Gasteiger partial charge in [0.05, 0.1) is 24.8 Å². The molecule has 0 radical (unpaired) electrons. The van der Waals surface area contributed by atoms with Crippen molar-refractivity contribution in [3.05, 3.63) is 98.6 Å². The fraction of sp³-hybridized carbons (Fsp3) is 0.231. The first kappa shape index (κ1) is 27.0. The first-order valence-electron chi connectivity index (χ1n) is 11.4. The van der Waals surface area contributed by atoms with E-state index in [2.05, 4.69) is 10.6 Å². The number of carbonyl (C=O) groups excluding carboxylic acids is 2.